The van der Waals surface area contributed by atoms with E-state index in [1.54, 1.807) is 14.2 Å². The normalized spacial score (nSPS) is 19.8. The number of carboxylic acid groups (broad SMARTS) is 1. The van der Waals surface area contributed by atoms with E-state index in [4.69, 9.17) is 23.8 Å². The number of benzene rings is 2. The van der Waals surface area contributed by atoms with Crippen LogP contribution in [0.1, 0.15) is 56.6 Å². The van der Waals surface area contributed by atoms with Crippen LogP contribution in [0.5, 0.6) is 23.0 Å². The van der Waals surface area contributed by atoms with Crippen molar-refractivity contribution in [3.63, 3.8) is 0 Å². The van der Waals surface area contributed by atoms with E-state index in [0.29, 0.717) is 43.4 Å². The molecule has 2 aromatic carbocycles. The fourth-order valence-electron chi connectivity index (χ4n) is 5.88. The highest BCUT2D eigenvalue weighted by Crippen LogP contribution is 2.47. The van der Waals surface area contributed by atoms with E-state index in [2.05, 4.69) is 0 Å². The van der Waals surface area contributed by atoms with Crippen molar-refractivity contribution in [1.82, 2.24) is 9.96 Å². The molecule has 0 bridgehead atoms. The van der Waals surface area contributed by atoms with Gasteiger partial charge in [-0.1, -0.05) is 32.0 Å². The fraction of sp³-hybridized carbons (Fsp3) is 0.548. The van der Waals surface area contributed by atoms with Crippen LogP contribution in [0.3, 0.4) is 0 Å². The van der Waals surface area contributed by atoms with Crippen LogP contribution in [0, 0.1) is 5.92 Å². The maximum atomic E-state index is 13.4. The van der Waals surface area contributed by atoms with Crippen molar-refractivity contribution in [3.05, 3.63) is 47.5 Å². The van der Waals surface area contributed by atoms with Crippen molar-refractivity contribution >= 4 is 11.9 Å². The Labute approximate surface area is 242 Å². The summed E-state index contributed by atoms with van der Waals surface area (Å²) in [6.45, 7) is 5.48. The van der Waals surface area contributed by atoms with E-state index in [1.807, 2.05) is 55.1 Å². The predicted molar refractivity (Wildman–Crippen MR) is 153 cm³/mol. The number of nitrogens with zero attached hydrogens (tertiary/aromatic N) is 2. The number of amides is 1. The molecule has 0 aromatic heterocycles. The predicted octanol–water partition coefficient (Wildman–Crippen LogP) is 4.50. The molecule has 10 nitrogen and oxygen atoms in total. The molecule has 1 saturated heterocycles. The van der Waals surface area contributed by atoms with Gasteiger partial charge in [-0.2, -0.15) is 0 Å². The Morgan fingerprint density at radius 3 is 2.56 bits per heavy atom. The summed E-state index contributed by atoms with van der Waals surface area (Å²) in [5, 5.41) is 12.0. The number of carboxylic acids is 1. The topological polar surface area (TPSA) is 107 Å². The minimum Gasteiger partial charge on any atom is -0.496 e. The molecule has 1 N–H and O–H groups in total. The number of hydrogen-bond acceptors (Lipinski definition) is 8. The molecule has 10 heteroatoms. The molecule has 3 atom stereocenters. The van der Waals surface area contributed by atoms with Gasteiger partial charge in [-0.25, -0.2) is 5.06 Å². The van der Waals surface area contributed by atoms with Gasteiger partial charge in [0.25, 0.3) is 5.91 Å². The van der Waals surface area contributed by atoms with E-state index >= 15 is 0 Å². The van der Waals surface area contributed by atoms with Crippen LogP contribution in [0.4, 0.5) is 0 Å². The molecular weight excluding hydrogens is 528 g/mol. The fourth-order valence-corrected chi connectivity index (χ4v) is 5.88. The maximum absolute atomic E-state index is 13.4. The minimum atomic E-state index is -0.892. The zero-order chi connectivity index (χ0) is 29.4. The van der Waals surface area contributed by atoms with Gasteiger partial charge < -0.3 is 24.1 Å². The number of carbonyl (C=O) groups excluding carboxylic acids is 1. The highest BCUT2D eigenvalue weighted by Gasteiger charge is 2.47. The van der Waals surface area contributed by atoms with Crippen LogP contribution < -0.4 is 18.9 Å². The van der Waals surface area contributed by atoms with Crippen LogP contribution in [0.2, 0.25) is 0 Å². The maximum Gasteiger partial charge on any atom is 0.308 e. The van der Waals surface area contributed by atoms with Gasteiger partial charge >= 0.3 is 5.97 Å². The Balaban J connectivity index is 1.62. The van der Waals surface area contributed by atoms with Gasteiger partial charge in [0.15, 0.2) is 11.5 Å². The van der Waals surface area contributed by atoms with Gasteiger partial charge in [-0.05, 0) is 61.4 Å². The molecule has 0 saturated carbocycles. The number of likely N-dealkylation sites (tertiary alicyclic amines) is 1. The first-order valence-electron chi connectivity index (χ1n) is 14.4. The summed E-state index contributed by atoms with van der Waals surface area (Å²) in [4.78, 5) is 34.1. The Morgan fingerprint density at radius 2 is 1.85 bits per heavy atom. The number of aryl methyl sites for hydroxylation is 1. The summed E-state index contributed by atoms with van der Waals surface area (Å²) >= 11 is 0. The van der Waals surface area contributed by atoms with E-state index in [-0.39, 0.29) is 31.2 Å². The highest BCUT2D eigenvalue weighted by atomic mass is 16.7. The van der Waals surface area contributed by atoms with Crippen molar-refractivity contribution in [2.45, 2.75) is 57.9 Å². The summed E-state index contributed by atoms with van der Waals surface area (Å²) in [5.41, 5.74) is 1.86. The molecule has 2 heterocycles. The standard InChI is InChI=1S/C31H42N2O8/c1-5-14-33(41-15-6-2)28(34)19-32-18-23(22-16-26(38-4)30-27(17-22)39-20-40-30)29(31(35)36)24(32)12-9-11-21-10-7-8-13-25(21)37-3/h7-8,10,13,16-17,23-24,29H,5-6,9,11-12,14-15,18-20H2,1-4H3,(H,35,36). The van der Waals surface area contributed by atoms with Crippen LogP contribution in [0.15, 0.2) is 36.4 Å². The van der Waals surface area contributed by atoms with Crippen LogP contribution in [-0.2, 0) is 20.8 Å². The number of hydroxylamine groups is 2. The quantitative estimate of drug-likeness (QED) is 0.310. The van der Waals surface area contributed by atoms with Crippen molar-refractivity contribution in [1.29, 1.82) is 0 Å². The lowest BCUT2D eigenvalue weighted by Crippen LogP contribution is -2.44. The lowest BCUT2D eigenvalue weighted by molar-refractivity contribution is -0.188. The molecule has 0 spiro atoms. The third-order valence-corrected chi connectivity index (χ3v) is 7.78. The van der Waals surface area contributed by atoms with Gasteiger partial charge in [0.2, 0.25) is 12.5 Å². The largest absolute Gasteiger partial charge is 0.496 e. The SMILES string of the molecule is CCCON(CCC)C(=O)CN1CC(c2cc(OC)c3c(c2)OCO3)C(C(=O)O)C1CCCc1ccccc1OC. The van der Waals surface area contributed by atoms with E-state index < -0.39 is 11.9 Å². The zero-order valence-electron chi connectivity index (χ0n) is 24.5. The van der Waals surface area contributed by atoms with Crippen molar-refractivity contribution in [2.24, 2.45) is 5.92 Å². The molecular formula is C31H42N2O8. The average molecular weight is 571 g/mol. The van der Waals surface area contributed by atoms with Gasteiger partial charge in [0.1, 0.15) is 5.75 Å². The molecule has 2 aromatic rings. The van der Waals surface area contributed by atoms with Crippen LogP contribution in [0.25, 0.3) is 0 Å². The van der Waals surface area contributed by atoms with Gasteiger partial charge in [-0.3, -0.25) is 19.3 Å². The molecule has 0 radical (unpaired) electrons. The van der Waals surface area contributed by atoms with Crippen LogP contribution >= 0.6 is 0 Å². The Hall–Kier alpha value is -3.50. The van der Waals surface area contributed by atoms with E-state index in [1.165, 1.54) is 5.06 Å². The molecule has 2 aliphatic heterocycles. The number of aliphatic carboxylic acids is 1. The molecule has 2 aliphatic rings. The average Bonchev–Trinajstić information content (AvgIpc) is 3.60. The summed E-state index contributed by atoms with van der Waals surface area (Å²) in [5.74, 6) is 0.202. The molecule has 1 amide bonds. The number of carbonyl (C=O) groups is 2. The summed E-state index contributed by atoms with van der Waals surface area (Å²) < 4.78 is 22.2. The smallest absolute Gasteiger partial charge is 0.308 e. The van der Waals surface area contributed by atoms with Crippen molar-refractivity contribution in [2.75, 3.05) is 47.3 Å². The first-order chi connectivity index (χ1) is 19.9. The lowest BCUT2D eigenvalue weighted by atomic mass is 9.83. The van der Waals surface area contributed by atoms with E-state index in [0.717, 1.165) is 42.6 Å². The second-order valence-corrected chi connectivity index (χ2v) is 10.5. The number of methoxy groups -OCH3 is 2. The number of ether oxygens (including phenoxy) is 4. The number of fused-ring (bicyclic) bond motifs is 1. The Bertz CT molecular complexity index is 1190. The molecule has 224 valence electrons. The van der Waals surface area contributed by atoms with E-state index in [9.17, 15) is 14.7 Å². The number of hydrogen-bond donors (Lipinski definition) is 1. The molecule has 4 rings (SSSR count). The zero-order valence-corrected chi connectivity index (χ0v) is 24.5. The summed E-state index contributed by atoms with van der Waals surface area (Å²) in [6, 6.07) is 11.2. The third-order valence-electron chi connectivity index (χ3n) is 7.78. The summed E-state index contributed by atoms with van der Waals surface area (Å²) in [7, 11) is 3.20. The van der Waals surface area contributed by atoms with Gasteiger partial charge in [0, 0.05) is 25.0 Å². The first kappa shape index (κ1) is 30.5. The van der Waals surface area contributed by atoms with Gasteiger partial charge in [-0.15, -0.1) is 0 Å². The molecule has 1 fully saturated rings. The first-order valence-corrected chi connectivity index (χ1v) is 14.4. The second kappa shape index (κ2) is 14.4. The Kier molecular flexibility index (Phi) is 10.7. The number of para-hydroxylation sites is 1. The highest BCUT2D eigenvalue weighted by molar-refractivity contribution is 5.78. The summed E-state index contributed by atoms with van der Waals surface area (Å²) in [6.07, 6.45) is 3.62. The van der Waals surface area contributed by atoms with Gasteiger partial charge in [0.05, 0.1) is 33.3 Å². The minimum absolute atomic E-state index is 0.0744. The molecule has 0 aliphatic carbocycles. The van der Waals surface area contributed by atoms with Crippen molar-refractivity contribution < 1.29 is 38.5 Å². The van der Waals surface area contributed by atoms with Crippen LogP contribution in [-0.4, -0.2) is 80.2 Å². The third kappa shape index (κ3) is 7.05. The molecule has 3 unspecified atom stereocenters. The Morgan fingerprint density at radius 1 is 1.07 bits per heavy atom. The monoisotopic (exact) mass is 570 g/mol. The second-order valence-electron chi connectivity index (χ2n) is 10.5. The van der Waals surface area contributed by atoms with Crippen molar-refractivity contribution in [3.8, 4) is 23.0 Å². The molecule has 41 heavy (non-hydrogen) atoms. The lowest BCUT2D eigenvalue weighted by Gasteiger charge is -2.29. The number of rotatable bonds is 15.